The molecule has 4 aliphatic rings. The first-order valence-corrected chi connectivity index (χ1v) is 11.8. The van der Waals surface area contributed by atoms with Crippen molar-refractivity contribution in [3.63, 3.8) is 0 Å². The van der Waals surface area contributed by atoms with Gasteiger partial charge in [-0.15, -0.1) is 0 Å². The lowest BCUT2D eigenvalue weighted by atomic mass is 9.53. The van der Waals surface area contributed by atoms with Crippen molar-refractivity contribution in [2.45, 2.75) is 63.8 Å². The zero-order valence-electron chi connectivity index (χ0n) is 18.0. The smallest absolute Gasteiger partial charge is 0.315 e. The highest BCUT2D eigenvalue weighted by Gasteiger charge is 2.78. The molecule has 0 unspecified atom stereocenters. The van der Waals surface area contributed by atoms with E-state index < -0.39 is 0 Å². The fraction of sp³-hybridized carbons (Fsp3) is 0.640. The summed E-state index contributed by atoms with van der Waals surface area (Å²) in [5.41, 5.74) is 2.72. The van der Waals surface area contributed by atoms with Gasteiger partial charge in [-0.3, -0.25) is 4.79 Å². The molecule has 0 bridgehead atoms. The number of carbonyl (C=O) groups excluding carboxylic acids is 1. The summed E-state index contributed by atoms with van der Waals surface area (Å²) in [7, 11) is 0. The highest BCUT2D eigenvalue weighted by molar-refractivity contribution is 5.83. The molecule has 3 heterocycles. The second-order valence-electron chi connectivity index (χ2n) is 10.5. The number of para-hydroxylation sites is 1. The first-order chi connectivity index (χ1) is 14.5. The van der Waals surface area contributed by atoms with Crippen molar-refractivity contribution in [3.8, 4) is 0 Å². The Morgan fingerprint density at radius 2 is 2.17 bits per heavy atom. The Bertz CT molecular complexity index is 986. The number of fused-ring (bicyclic) bond motifs is 3. The minimum Gasteiger partial charge on any atom is -0.462 e. The molecule has 30 heavy (non-hydrogen) atoms. The summed E-state index contributed by atoms with van der Waals surface area (Å²) >= 11 is 0. The number of epoxide rings is 1. The minimum atomic E-state index is -0.0268. The second kappa shape index (κ2) is 6.57. The quantitative estimate of drug-likeness (QED) is 0.453. The van der Waals surface area contributed by atoms with Gasteiger partial charge in [-0.25, -0.2) is 0 Å². The summed E-state index contributed by atoms with van der Waals surface area (Å²) in [5.74, 6) is 0.815. The molecule has 2 aliphatic carbocycles. The predicted octanol–water partition coefficient (Wildman–Crippen LogP) is 2.80. The van der Waals surface area contributed by atoms with E-state index in [0.717, 1.165) is 25.9 Å². The Hall–Kier alpha value is -1.85. The van der Waals surface area contributed by atoms with Crippen LogP contribution in [0.5, 0.6) is 0 Å². The van der Waals surface area contributed by atoms with E-state index in [1.54, 1.807) is 0 Å². The summed E-state index contributed by atoms with van der Waals surface area (Å²) < 4.78 is 12.5. The van der Waals surface area contributed by atoms with Crippen molar-refractivity contribution in [2.24, 2.45) is 23.2 Å². The molecule has 0 radical (unpaired) electrons. The standard InChI is InChI=1S/C25H32N2O3/c1-15-6-5-10-24(2)12-20-21(22-25(15,24)30-22)18(23(28)29-20)14-26-11-9-16-13-27-19-8-4-3-7-17(16)19/h3-4,7-8,13,15,18,20-22,26-27H,5-6,9-12,14H2,1-2H3/p+1/t15-,18+,20+,21+,22-,24+,25-/m0/s1. The number of carbonyl (C=O) groups is 1. The predicted molar refractivity (Wildman–Crippen MR) is 114 cm³/mol. The van der Waals surface area contributed by atoms with E-state index >= 15 is 0 Å². The largest absolute Gasteiger partial charge is 0.462 e. The molecule has 2 saturated carbocycles. The van der Waals surface area contributed by atoms with Crippen LogP contribution in [0.15, 0.2) is 30.5 Å². The lowest BCUT2D eigenvalue weighted by molar-refractivity contribution is -0.658. The molecule has 1 aromatic carbocycles. The van der Waals surface area contributed by atoms with Crippen LogP contribution in [0.2, 0.25) is 0 Å². The summed E-state index contributed by atoms with van der Waals surface area (Å²) in [6.45, 7) is 6.53. The summed E-state index contributed by atoms with van der Waals surface area (Å²) in [4.78, 5) is 16.1. The number of H-pyrrole nitrogens is 1. The number of nitrogens with one attached hydrogen (secondary N) is 1. The Morgan fingerprint density at radius 1 is 1.30 bits per heavy atom. The van der Waals surface area contributed by atoms with Crippen LogP contribution in [0, 0.1) is 23.2 Å². The van der Waals surface area contributed by atoms with Crippen LogP contribution in [0.25, 0.3) is 10.9 Å². The van der Waals surface area contributed by atoms with Gasteiger partial charge in [0.05, 0.1) is 19.2 Å². The van der Waals surface area contributed by atoms with Gasteiger partial charge in [0.25, 0.3) is 0 Å². The third-order valence-electron chi connectivity index (χ3n) is 8.91. The molecule has 2 saturated heterocycles. The molecule has 0 amide bonds. The first kappa shape index (κ1) is 18.9. The van der Waals surface area contributed by atoms with E-state index in [1.807, 2.05) is 0 Å². The van der Waals surface area contributed by atoms with Gasteiger partial charge in [0, 0.05) is 34.9 Å². The lowest BCUT2D eigenvalue weighted by Gasteiger charge is -2.48. The Kier molecular flexibility index (Phi) is 4.14. The molecule has 7 atom stereocenters. The number of rotatable bonds is 5. The molecule has 160 valence electrons. The normalized spacial score (nSPS) is 41.8. The van der Waals surface area contributed by atoms with E-state index in [9.17, 15) is 4.79 Å². The third-order valence-corrected chi connectivity index (χ3v) is 8.91. The topological polar surface area (TPSA) is 71.2 Å². The van der Waals surface area contributed by atoms with Gasteiger partial charge < -0.3 is 19.8 Å². The SMILES string of the molecule is C[C@H]1CCC[C@]2(C)C[C@H]3OC(=O)[C@H](C[NH2+]CCc4c[nH]c5ccccc45)[C@H]3[C@@H]3O[C@@]132. The molecule has 5 nitrogen and oxygen atoms in total. The number of aromatic amines is 1. The highest BCUT2D eigenvalue weighted by atomic mass is 16.6. The number of hydrogen-bond donors (Lipinski definition) is 2. The molecule has 1 spiro atoms. The fourth-order valence-corrected chi connectivity index (χ4v) is 7.39. The van der Waals surface area contributed by atoms with Crippen LogP contribution in [0.1, 0.15) is 45.1 Å². The lowest BCUT2D eigenvalue weighted by Crippen LogP contribution is -2.86. The van der Waals surface area contributed by atoms with Gasteiger partial charge in [0.15, 0.2) is 0 Å². The zero-order chi connectivity index (χ0) is 20.5. The summed E-state index contributed by atoms with van der Waals surface area (Å²) in [6.07, 6.45) is 8.10. The number of benzene rings is 1. The molecule has 2 aliphatic heterocycles. The zero-order valence-corrected chi connectivity index (χ0v) is 18.0. The number of hydrogen-bond acceptors (Lipinski definition) is 3. The van der Waals surface area contributed by atoms with Crippen LogP contribution in [-0.2, 0) is 20.7 Å². The van der Waals surface area contributed by atoms with Crippen molar-refractivity contribution < 1.29 is 19.6 Å². The number of ether oxygens (including phenoxy) is 2. The van der Waals surface area contributed by atoms with Crippen LogP contribution in [-0.4, -0.2) is 41.9 Å². The van der Waals surface area contributed by atoms with Crippen LogP contribution < -0.4 is 5.32 Å². The van der Waals surface area contributed by atoms with Crippen molar-refractivity contribution in [3.05, 3.63) is 36.0 Å². The average molecular weight is 410 g/mol. The van der Waals surface area contributed by atoms with Crippen LogP contribution in [0.4, 0.5) is 0 Å². The van der Waals surface area contributed by atoms with E-state index in [1.165, 1.54) is 35.7 Å². The van der Waals surface area contributed by atoms with Gasteiger partial charge in [-0.1, -0.05) is 38.5 Å². The number of quaternary nitrogens is 1. The molecular weight excluding hydrogens is 376 g/mol. The molecule has 6 rings (SSSR count). The van der Waals surface area contributed by atoms with Crippen molar-refractivity contribution in [1.29, 1.82) is 0 Å². The number of aromatic nitrogens is 1. The molecule has 4 fully saturated rings. The summed E-state index contributed by atoms with van der Waals surface area (Å²) in [6, 6.07) is 8.44. The first-order valence-electron chi connectivity index (χ1n) is 11.8. The average Bonchev–Trinajstić information content (AvgIpc) is 3.25. The van der Waals surface area contributed by atoms with Crippen molar-refractivity contribution >= 4 is 16.9 Å². The molecular formula is C25H33N2O3+. The number of nitrogens with two attached hydrogens (primary N) is 1. The van der Waals surface area contributed by atoms with Gasteiger partial charge in [0.2, 0.25) is 0 Å². The van der Waals surface area contributed by atoms with Gasteiger partial charge in [-0.2, -0.15) is 0 Å². The Balaban J connectivity index is 1.13. The fourth-order valence-electron chi connectivity index (χ4n) is 7.39. The Labute approximate surface area is 177 Å². The molecule has 1 aromatic heterocycles. The third kappa shape index (κ3) is 2.51. The van der Waals surface area contributed by atoms with Crippen LogP contribution >= 0.6 is 0 Å². The van der Waals surface area contributed by atoms with Gasteiger partial charge in [-0.05, 0) is 36.8 Å². The maximum absolute atomic E-state index is 12.8. The maximum atomic E-state index is 12.8. The summed E-state index contributed by atoms with van der Waals surface area (Å²) in [5, 5.41) is 3.61. The van der Waals surface area contributed by atoms with E-state index in [0.29, 0.717) is 5.92 Å². The molecule has 2 aromatic rings. The molecule has 5 heteroatoms. The van der Waals surface area contributed by atoms with E-state index in [-0.39, 0.29) is 41.0 Å². The van der Waals surface area contributed by atoms with Crippen molar-refractivity contribution in [1.82, 2.24) is 4.98 Å². The minimum absolute atomic E-state index is 0.00266. The monoisotopic (exact) mass is 409 g/mol. The maximum Gasteiger partial charge on any atom is 0.315 e. The second-order valence-corrected chi connectivity index (χ2v) is 10.5. The molecule has 3 N–H and O–H groups in total. The van der Waals surface area contributed by atoms with Gasteiger partial charge >= 0.3 is 5.97 Å². The van der Waals surface area contributed by atoms with Crippen molar-refractivity contribution in [2.75, 3.05) is 13.1 Å². The number of esters is 1. The van der Waals surface area contributed by atoms with E-state index in [2.05, 4.69) is 54.6 Å². The van der Waals surface area contributed by atoms with Gasteiger partial charge in [0.1, 0.15) is 17.6 Å². The van der Waals surface area contributed by atoms with E-state index in [4.69, 9.17) is 9.47 Å². The Morgan fingerprint density at radius 3 is 3.07 bits per heavy atom. The van der Waals surface area contributed by atoms with Crippen LogP contribution in [0.3, 0.4) is 0 Å². The highest BCUT2D eigenvalue weighted by Crippen LogP contribution is 2.70.